The highest BCUT2D eigenvalue weighted by Gasteiger charge is 2.10. The first-order chi connectivity index (χ1) is 6.06. The third-order valence-electron chi connectivity index (χ3n) is 1.44. The van der Waals surface area contributed by atoms with Gasteiger partial charge in [0.2, 0.25) is 0 Å². The minimum atomic E-state index is -0.217. The first kappa shape index (κ1) is 12.9. The second-order valence-corrected chi connectivity index (χ2v) is 4.16. The Morgan fingerprint density at radius 2 is 1.62 bits per heavy atom. The molecule has 0 spiro atoms. The van der Waals surface area contributed by atoms with Crippen LogP contribution < -0.4 is 0 Å². The van der Waals surface area contributed by atoms with E-state index in [1.807, 2.05) is 20.8 Å². The summed E-state index contributed by atoms with van der Waals surface area (Å²) in [6.07, 6.45) is 4.04. The molecule has 0 amide bonds. The van der Waals surface area contributed by atoms with Crippen molar-refractivity contribution in [3.8, 4) is 0 Å². The molecule has 1 N–H and O–H groups in total. The molecule has 0 aliphatic heterocycles. The van der Waals surface area contributed by atoms with Gasteiger partial charge in [-0.25, -0.2) is 9.78 Å². The number of unbranched alkanes of at least 4 members (excludes halogenated alkanes) is 3. The Labute approximate surface area is 81.0 Å². The SMILES string of the molecule is CC(C)(C)OOCCCCCCO. The van der Waals surface area contributed by atoms with Crippen molar-refractivity contribution in [2.24, 2.45) is 0 Å². The molecule has 0 atom stereocenters. The van der Waals surface area contributed by atoms with Crippen LogP contribution in [-0.4, -0.2) is 23.9 Å². The number of rotatable bonds is 7. The van der Waals surface area contributed by atoms with Gasteiger partial charge in [0.1, 0.15) is 0 Å². The quantitative estimate of drug-likeness (QED) is 0.380. The highest BCUT2D eigenvalue weighted by Crippen LogP contribution is 2.08. The lowest BCUT2D eigenvalue weighted by atomic mass is 10.2. The van der Waals surface area contributed by atoms with Gasteiger partial charge < -0.3 is 5.11 Å². The van der Waals surface area contributed by atoms with E-state index >= 15 is 0 Å². The maximum absolute atomic E-state index is 8.52. The van der Waals surface area contributed by atoms with E-state index in [-0.39, 0.29) is 5.60 Å². The van der Waals surface area contributed by atoms with Crippen LogP contribution in [0.1, 0.15) is 46.5 Å². The maximum Gasteiger partial charge on any atom is 0.0952 e. The van der Waals surface area contributed by atoms with Gasteiger partial charge in [-0.2, -0.15) is 0 Å². The van der Waals surface area contributed by atoms with E-state index in [4.69, 9.17) is 14.9 Å². The molecule has 3 heteroatoms. The van der Waals surface area contributed by atoms with Gasteiger partial charge in [0.25, 0.3) is 0 Å². The third-order valence-corrected chi connectivity index (χ3v) is 1.44. The van der Waals surface area contributed by atoms with Crippen LogP contribution in [0.15, 0.2) is 0 Å². The van der Waals surface area contributed by atoms with Crippen LogP contribution in [-0.2, 0) is 9.78 Å². The Bertz CT molecular complexity index is 107. The molecule has 0 aromatic rings. The highest BCUT2D eigenvalue weighted by molar-refractivity contribution is 4.54. The first-order valence-electron chi connectivity index (χ1n) is 4.98. The average Bonchev–Trinajstić information content (AvgIpc) is 2.01. The van der Waals surface area contributed by atoms with Gasteiger partial charge in [-0.3, -0.25) is 0 Å². The Morgan fingerprint density at radius 1 is 1.00 bits per heavy atom. The Morgan fingerprint density at radius 3 is 2.15 bits per heavy atom. The van der Waals surface area contributed by atoms with E-state index in [9.17, 15) is 0 Å². The van der Waals surface area contributed by atoms with Crippen molar-refractivity contribution in [3.63, 3.8) is 0 Å². The molecule has 0 aromatic heterocycles. The summed E-state index contributed by atoms with van der Waals surface area (Å²) in [5.41, 5.74) is -0.217. The minimum Gasteiger partial charge on any atom is -0.396 e. The summed E-state index contributed by atoms with van der Waals surface area (Å²) < 4.78 is 0. The molecule has 13 heavy (non-hydrogen) atoms. The summed E-state index contributed by atoms with van der Waals surface area (Å²) in [4.78, 5) is 10.1. The molecular weight excluding hydrogens is 168 g/mol. The first-order valence-corrected chi connectivity index (χ1v) is 4.98. The largest absolute Gasteiger partial charge is 0.396 e. The van der Waals surface area contributed by atoms with Crippen LogP contribution >= 0.6 is 0 Å². The molecule has 0 unspecified atom stereocenters. The molecule has 0 fully saturated rings. The molecule has 0 aromatic carbocycles. The monoisotopic (exact) mass is 190 g/mol. The van der Waals surface area contributed by atoms with Crippen LogP contribution in [0.5, 0.6) is 0 Å². The Balaban J connectivity index is 3.00. The smallest absolute Gasteiger partial charge is 0.0952 e. The van der Waals surface area contributed by atoms with Crippen molar-refractivity contribution in [3.05, 3.63) is 0 Å². The summed E-state index contributed by atoms with van der Waals surface area (Å²) in [7, 11) is 0. The molecule has 0 heterocycles. The van der Waals surface area contributed by atoms with Gasteiger partial charge in [0, 0.05) is 6.61 Å². The lowest BCUT2D eigenvalue weighted by molar-refractivity contribution is -0.348. The third kappa shape index (κ3) is 11.9. The van der Waals surface area contributed by atoms with Gasteiger partial charge in [0.15, 0.2) is 0 Å². The van der Waals surface area contributed by atoms with E-state index in [1.54, 1.807) is 0 Å². The zero-order valence-corrected chi connectivity index (χ0v) is 9.01. The zero-order chi connectivity index (χ0) is 10.2. The number of hydrogen-bond donors (Lipinski definition) is 1. The van der Waals surface area contributed by atoms with E-state index in [0.29, 0.717) is 13.2 Å². The van der Waals surface area contributed by atoms with E-state index in [2.05, 4.69) is 0 Å². The lowest BCUT2D eigenvalue weighted by Gasteiger charge is -2.17. The number of hydrogen-bond acceptors (Lipinski definition) is 3. The van der Waals surface area contributed by atoms with Crippen molar-refractivity contribution in [1.29, 1.82) is 0 Å². The predicted molar refractivity (Wildman–Crippen MR) is 52.3 cm³/mol. The van der Waals surface area contributed by atoms with Gasteiger partial charge in [-0.15, -0.1) is 0 Å². The second-order valence-electron chi connectivity index (χ2n) is 4.16. The van der Waals surface area contributed by atoms with Crippen molar-refractivity contribution >= 4 is 0 Å². The Kier molecular flexibility index (Phi) is 7.23. The molecule has 0 aliphatic carbocycles. The predicted octanol–water partition coefficient (Wildman–Crippen LogP) is 2.29. The van der Waals surface area contributed by atoms with E-state index < -0.39 is 0 Å². The minimum absolute atomic E-state index is 0.217. The fourth-order valence-electron chi connectivity index (χ4n) is 0.845. The van der Waals surface area contributed by atoms with E-state index in [0.717, 1.165) is 25.7 Å². The summed E-state index contributed by atoms with van der Waals surface area (Å²) in [6, 6.07) is 0. The molecule has 3 nitrogen and oxygen atoms in total. The fourth-order valence-corrected chi connectivity index (χ4v) is 0.845. The lowest BCUT2D eigenvalue weighted by Crippen LogP contribution is -2.19. The van der Waals surface area contributed by atoms with Gasteiger partial charge in [-0.05, 0) is 33.6 Å². The molecule has 0 saturated heterocycles. The molecule has 0 saturated carbocycles. The average molecular weight is 190 g/mol. The zero-order valence-electron chi connectivity index (χ0n) is 9.01. The van der Waals surface area contributed by atoms with Crippen molar-refractivity contribution < 1.29 is 14.9 Å². The highest BCUT2D eigenvalue weighted by atomic mass is 17.2. The van der Waals surface area contributed by atoms with Crippen LogP contribution in [0.25, 0.3) is 0 Å². The van der Waals surface area contributed by atoms with Crippen LogP contribution in [0, 0.1) is 0 Å². The van der Waals surface area contributed by atoms with Crippen LogP contribution in [0.2, 0.25) is 0 Å². The summed E-state index contributed by atoms with van der Waals surface area (Å²) in [5, 5.41) is 8.52. The fraction of sp³-hybridized carbons (Fsp3) is 1.00. The van der Waals surface area contributed by atoms with Gasteiger partial charge in [0.05, 0.1) is 12.2 Å². The van der Waals surface area contributed by atoms with Gasteiger partial charge in [-0.1, -0.05) is 12.8 Å². The standard InChI is InChI=1S/C10H22O3/c1-10(2,3)13-12-9-7-5-4-6-8-11/h11H,4-9H2,1-3H3. The van der Waals surface area contributed by atoms with Crippen molar-refractivity contribution in [2.45, 2.75) is 52.1 Å². The topological polar surface area (TPSA) is 38.7 Å². The Hall–Kier alpha value is -0.120. The molecule has 0 radical (unpaired) electrons. The molecule has 80 valence electrons. The maximum atomic E-state index is 8.52. The number of aliphatic hydroxyl groups is 1. The summed E-state index contributed by atoms with van der Waals surface area (Å²) in [5.74, 6) is 0. The van der Waals surface area contributed by atoms with Crippen LogP contribution in [0.4, 0.5) is 0 Å². The molecule has 0 aliphatic rings. The summed E-state index contributed by atoms with van der Waals surface area (Å²) >= 11 is 0. The molecule has 0 rings (SSSR count). The molecular formula is C10H22O3. The normalized spacial score (nSPS) is 12.0. The van der Waals surface area contributed by atoms with Crippen LogP contribution in [0.3, 0.4) is 0 Å². The second kappa shape index (κ2) is 7.30. The van der Waals surface area contributed by atoms with Gasteiger partial charge >= 0.3 is 0 Å². The van der Waals surface area contributed by atoms with E-state index in [1.165, 1.54) is 0 Å². The summed E-state index contributed by atoms with van der Waals surface area (Å²) in [6.45, 7) is 6.80. The molecule has 0 bridgehead atoms. The van der Waals surface area contributed by atoms with Crippen molar-refractivity contribution in [1.82, 2.24) is 0 Å². The number of aliphatic hydroxyl groups excluding tert-OH is 1. The van der Waals surface area contributed by atoms with Crippen molar-refractivity contribution in [2.75, 3.05) is 13.2 Å².